The first-order chi connectivity index (χ1) is 20.7. The van der Waals surface area contributed by atoms with Crippen LogP contribution in [0.25, 0.3) is 33.3 Å². The van der Waals surface area contributed by atoms with E-state index >= 15 is 17.6 Å². The number of benzene rings is 3. The second-order valence-corrected chi connectivity index (χ2v) is 10.3. The van der Waals surface area contributed by atoms with Gasteiger partial charge >= 0.3 is 18.1 Å². The molecule has 0 aliphatic heterocycles. The number of carboxylic acids is 2. The van der Waals surface area contributed by atoms with Crippen LogP contribution in [0.3, 0.4) is 0 Å². The molecule has 4 N–H and O–H groups in total. The first-order valence-corrected chi connectivity index (χ1v) is 13.4. The highest BCUT2D eigenvalue weighted by molar-refractivity contribution is 6.03. The summed E-state index contributed by atoms with van der Waals surface area (Å²) in [4.78, 5) is 27.5. The third-order valence-electron chi connectivity index (χ3n) is 7.17. The van der Waals surface area contributed by atoms with E-state index in [1.807, 2.05) is 0 Å². The maximum atomic E-state index is 15.3. The van der Waals surface area contributed by atoms with Gasteiger partial charge in [-0.1, -0.05) is 43.5 Å². The van der Waals surface area contributed by atoms with Crippen molar-refractivity contribution in [3.8, 4) is 22.3 Å². The van der Waals surface area contributed by atoms with Crippen molar-refractivity contribution in [3.63, 3.8) is 0 Å². The van der Waals surface area contributed by atoms with E-state index < -0.39 is 52.5 Å². The lowest BCUT2D eigenvalue weighted by molar-refractivity contribution is -0.192. The van der Waals surface area contributed by atoms with Gasteiger partial charge in [-0.25, -0.2) is 32.1 Å². The summed E-state index contributed by atoms with van der Waals surface area (Å²) in [5.74, 6) is -10.1. The van der Waals surface area contributed by atoms with Crippen LogP contribution in [0.4, 0.5) is 30.7 Å². The highest BCUT2D eigenvalue weighted by atomic mass is 19.4. The van der Waals surface area contributed by atoms with Gasteiger partial charge in [0.05, 0.1) is 22.2 Å². The number of imidazole rings is 1. The second-order valence-electron chi connectivity index (χ2n) is 10.3. The topological polar surface area (TPSA) is 115 Å². The van der Waals surface area contributed by atoms with Crippen molar-refractivity contribution in [1.29, 1.82) is 0 Å². The lowest BCUT2D eigenvalue weighted by Gasteiger charge is -2.22. The van der Waals surface area contributed by atoms with Crippen LogP contribution in [0.5, 0.6) is 0 Å². The number of hydrogen-bond donors (Lipinski definition) is 4. The number of aliphatic carboxylic acids is 1. The fourth-order valence-electron chi connectivity index (χ4n) is 5.04. The minimum Gasteiger partial charge on any atom is -0.478 e. The molecule has 1 saturated carbocycles. The highest BCUT2D eigenvalue weighted by Gasteiger charge is 2.38. The Labute approximate surface area is 245 Å². The normalized spacial score (nSPS) is 13.9. The Morgan fingerprint density at radius 2 is 1.41 bits per heavy atom. The number of carbonyl (C=O) groups is 2. The van der Waals surface area contributed by atoms with Crippen LogP contribution < -0.4 is 5.32 Å². The predicted molar refractivity (Wildman–Crippen MR) is 146 cm³/mol. The summed E-state index contributed by atoms with van der Waals surface area (Å²) in [5, 5.41) is 20.1. The van der Waals surface area contributed by atoms with Gasteiger partial charge in [-0.3, -0.25) is 0 Å². The van der Waals surface area contributed by atoms with E-state index in [9.17, 15) is 23.1 Å². The van der Waals surface area contributed by atoms with E-state index in [-0.39, 0.29) is 27.7 Å². The summed E-state index contributed by atoms with van der Waals surface area (Å²) in [7, 11) is 0. The predicted octanol–water partition coefficient (Wildman–Crippen LogP) is 7.52. The van der Waals surface area contributed by atoms with Crippen molar-refractivity contribution in [1.82, 2.24) is 15.3 Å². The maximum Gasteiger partial charge on any atom is 0.490 e. The molecule has 0 bridgehead atoms. The summed E-state index contributed by atoms with van der Waals surface area (Å²) < 4.78 is 92.7. The second kappa shape index (κ2) is 13.0. The molecule has 0 saturated heterocycles. The van der Waals surface area contributed by atoms with Crippen molar-refractivity contribution in [2.24, 2.45) is 0 Å². The molecule has 0 amide bonds. The Morgan fingerprint density at radius 3 is 1.91 bits per heavy atom. The number of aromatic nitrogens is 2. The minimum absolute atomic E-state index is 0.00774. The molecule has 44 heavy (non-hydrogen) atoms. The van der Waals surface area contributed by atoms with Gasteiger partial charge in [0, 0.05) is 12.6 Å². The molecule has 1 aromatic heterocycles. The number of aryl methyl sites for hydroxylation is 1. The number of halogens is 7. The van der Waals surface area contributed by atoms with E-state index in [4.69, 9.17) is 9.90 Å². The molecule has 1 aliphatic rings. The van der Waals surface area contributed by atoms with E-state index in [2.05, 4.69) is 15.3 Å². The van der Waals surface area contributed by atoms with Crippen molar-refractivity contribution < 1.29 is 50.5 Å². The zero-order valence-electron chi connectivity index (χ0n) is 23.1. The fourth-order valence-corrected chi connectivity index (χ4v) is 5.04. The van der Waals surface area contributed by atoms with Gasteiger partial charge < -0.3 is 20.5 Å². The molecule has 0 spiro atoms. The smallest absolute Gasteiger partial charge is 0.478 e. The lowest BCUT2D eigenvalue weighted by atomic mass is 9.94. The van der Waals surface area contributed by atoms with Gasteiger partial charge in [-0.05, 0) is 48.6 Å². The molecule has 1 aliphatic carbocycles. The number of hydrogen-bond acceptors (Lipinski definition) is 4. The van der Waals surface area contributed by atoms with Crippen LogP contribution in [0.2, 0.25) is 0 Å². The number of carboxylic acid groups (broad SMARTS) is 2. The molecule has 14 heteroatoms. The maximum absolute atomic E-state index is 15.3. The Balaban J connectivity index is 0.000000566. The third kappa shape index (κ3) is 7.01. The molecular weight excluding hydrogens is 599 g/mol. The van der Waals surface area contributed by atoms with E-state index in [1.54, 1.807) is 19.1 Å². The number of nitrogens with zero attached hydrogens (tertiary/aromatic N) is 1. The SMILES string of the molecule is Cc1nc2c(C(=O)O)cc(-c3c(F)c(F)c(-c4ccc(CNC5CCCCC5)cc4)c(F)c3F)cc2[nH]1.O=C(O)C(F)(F)F. The Hall–Kier alpha value is -4.46. The number of fused-ring (bicyclic) bond motifs is 1. The van der Waals surface area contributed by atoms with Gasteiger partial charge in [0.15, 0.2) is 23.3 Å². The van der Waals surface area contributed by atoms with Crippen molar-refractivity contribution in [2.75, 3.05) is 0 Å². The van der Waals surface area contributed by atoms with Crippen LogP contribution in [-0.4, -0.2) is 44.3 Å². The van der Waals surface area contributed by atoms with E-state index in [0.29, 0.717) is 18.4 Å². The van der Waals surface area contributed by atoms with Crippen LogP contribution in [0, 0.1) is 30.2 Å². The monoisotopic (exact) mass is 625 g/mol. The highest BCUT2D eigenvalue weighted by Crippen LogP contribution is 2.38. The molecule has 234 valence electrons. The summed E-state index contributed by atoms with van der Waals surface area (Å²) in [6.45, 7) is 2.16. The molecule has 0 radical (unpaired) electrons. The van der Waals surface area contributed by atoms with Crippen LogP contribution in [0.1, 0.15) is 53.8 Å². The van der Waals surface area contributed by atoms with E-state index in [1.165, 1.54) is 37.5 Å². The standard InChI is InChI=1S/C28H25F4N3O2.C2HF3O2/c1-14-34-20-12-17(11-19(28(36)37)27(20)35-14)22-25(31)23(29)21(24(30)26(22)32)16-9-7-15(8-10-16)13-33-18-5-3-2-4-6-18;3-2(4,5)1(6)7/h7-12,18,33H,2-6,13H2,1H3,(H,34,35)(H,36,37);(H,6,7). The number of alkyl halides is 3. The lowest BCUT2D eigenvalue weighted by Crippen LogP contribution is -2.30. The molecular formula is C30H26F7N3O4. The van der Waals surface area contributed by atoms with Crippen LogP contribution in [0.15, 0.2) is 36.4 Å². The van der Waals surface area contributed by atoms with E-state index in [0.717, 1.165) is 24.5 Å². The van der Waals surface area contributed by atoms with Crippen LogP contribution >= 0.6 is 0 Å². The Kier molecular flexibility index (Phi) is 9.62. The quantitative estimate of drug-likeness (QED) is 0.130. The third-order valence-corrected chi connectivity index (χ3v) is 7.17. The summed E-state index contributed by atoms with van der Waals surface area (Å²) >= 11 is 0. The molecule has 3 aromatic carbocycles. The molecule has 1 heterocycles. The average Bonchev–Trinajstić information content (AvgIpc) is 3.35. The Morgan fingerprint density at radius 1 is 0.886 bits per heavy atom. The molecule has 5 rings (SSSR count). The fraction of sp³-hybridized carbons (Fsp3) is 0.300. The first kappa shape index (κ1) is 32.5. The van der Waals surface area contributed by atoms with Crippen LogP contribution in [-0.2, 0) is 11.3 Å². The summed E-state index contributed by atoms with van der Waals surface area (Å²) in [6, 6.07) is 8.81. The minimum atomic E-state index is -5.08. The van der Waals surface area contributed by atoms with Gasteiger partial charge in [-0.2, -0.15) is 13.2 Å². The number of H-pyrrole nitrogens is 1. The van der Waals surface area contributed by atoms with Crippen molar-refractivity contribution in [2.45, 2.75) is 57.8 Å². The number of nitrogens with one attached hydrogen (secondary N) is 2. The Bertz CT molecular complexity index is 1670. The van der Waals surface area contributed by atoms with Gasteiger partial charge in [0.2, 0.25) is 0 Å². The average molecular weight is 626 g/mol. The molecule has 4 aromatic rings. The summed E-state index contributed by atoms with van der Waals surface area (Å²) in [5.41, 5.74) is -1.34. The van der Waals surface area contributed by atoms with Gasteiger partial charge in [0.25, 0.3) is 0 Å². The van der Waals surface area contributed by atoms with Crippen molar-refractivity contribution in [3.05, 3.63) is 76.6 Å². The molecule has 0 atom stereocenters. The number of aromatic amines is 1. The largest absolute Gasteiger partial charge is 0.490 e. The zero-order valence-corrected chi connectivity index (χ0v) is 23.1. The van der Waals surface area contributed by atoms with Gasteiger partial charge in [0.1, 0.15) is 11.3 Å². The van der Waals surface area contributed by atoms with Gasteiger partial charge in [-0.15, -0.1) is 0 Å². The van der Waals surface area contributed by atoms with Crippen molar-refractivity contribution >= 4 is 23.0 Å². The number of rotatable bonds is 6. The zero-order chi connectivity index (χ0) is 32.3. The summed E-state index contributed by atoms with van der Waals surface area (Å²) in [6.07, 6.45) is 0.763. The number of aromatic carboxylic acids is 1. The molecule has 7 nitrogen and oxygen atoms in total. The first-order valence-electron chi connectivity index (χ1n) is 13.4. The molecule has 1 fully saturated rings. The molecule has 0 unspecified atom stereocenters.